The van der Waals surface area contributed by atoms with Crippen LogP contribution in [-0.4, -0.2) is 30.6 Å². The molecule has 0 aliphatic carbocycles. The Kier molecular flexibility index (Phi) is 23.8. The molecule has 0 fully saturated rings. The topological polar surface area (TPSA) is 0 Å². The molecule has 0 bridgehead atoms. The molecule has 0 aromatic rings. The number of hydrogen-bond donors (Lipinski definition) is 0. The second-order valence-electron chi connectivity index (χ2n) is 4.72. The van der Waals surface area contributed by atoms with Crippen molar-refractivity contribution in [2.45, 2.75) is 53.4 Å². The van der Waals surface area contributed by atoms with E-state index in [2.05, 4.69) is 27.7 Å². The van der Waals surface area contributed by atoms with E-state index in [0.29, 0.717) is 0 Å². The molecule has 0 saturated heterocycles. The second-order valence-corrected chi connectivity index (χ2v) is 14.4. The van der Waals surface area contributed by atoms with E-state index in [1.54, 1.807) is 30.6 Å². The van der Waals surface area contributed by atoms with E-state index in [9.17, 15) is 0 Å². The SMILES string of the molecule is CCC[PH+](CCC)C[PH+](CCC)CCC.[Cl][Pt][Cl]. The summed E-state index contributed by atoms with van der Waals surface area (Å²) in [4.78, 5) is 0. The molecule has 0 radical (unpaired) electrons. The molecule has 0 rings (SSSR count). The molecule has 0 aromatic heterocycles. The van der Waals surface area contributed by atoms with Crippen LogP contribution in [0, 0.1) is 0 Å². The Morgan fingerprint density at radius 1 is 0.667 bits per heavy atom. The molecule has 0 nitrogen and oxygen atoms in total. The zero-order valence-corrected chi connectivity index (χ0v) is 18.2. The van der Waals surface area contributed by atoms with Crippen LogP contribution < -0.4 is 0 Å². The number of rotatable bonds is 10. The first-order valence-corrected chi connectivity index (χ1v) is 17.1. The third-order valence-corrected chi connectivity index (χ3v) is 11.7. The molecule has 0 spiro atoms. The van der Waals surface area contributed by atoms with Crippen molar-refractivity contribution in [3.05, 3.63) is 0 Å². The van der Waals surface area contributed by atoms with Gasteiger partial charge in [-0.15, -0.1) is 0 Å². The Balaban J connectivity index is 0. The average Bonchev–Trinajstić information content (AvgIpc) is 2.31. The first-order valence-electron chi connectivity index (χ1n) is 7.19. The van der Waals surface area contributed by atoms with E-state index in [0.717, 1.165) is 0 Å². The predicted molar refractivity (Wildman–Crippen MR) is 93.8 cm³/mol. The Morgan fingerprint density at radius 2 is 0.889 bits per heavy atom. The molecule has 18 heavy (non-hydrogen) atoms. The fourth-order valence-electron chi connectivity index (χ4n) is 2.37. The molecular weight excluding hydrogens is 484 g/mol. The summed E-state index contributed by atoms with van der Waals surface area (Å²) in [7, 11) is 9.86. The van der Waals surface area contributed by atoms with Crippen LogP contribution in [-0.2, 0) is 16.5 Å². The van der Waals surface area contributed by atoms with Gasteiger partial charge in [0.25, 0.3) is 0 Å². The van der Waals surface area contributed by atoms with E-state index in [1.807, 2.05) is 0 Å². The summed E-state index contributed by atoms with van der Waals surface area (Å²) >= 11 is -0.472. The quantitative estimate of drug-likeness (QED) is 0.296. The van der Waals surface area contributed by atoms with Gasteiger partial charge in [-0.2, -0.15) is 0 Å². The third kappa shape index (κ3) is 16.2. The maximum absolute atomic E-state index is 4.88. The molecule has 0 unspecified atom stereocenters. The van der Waals surface area contributed by atoms with Gasteiger partial charge < -0.3 is 0 Å². The van der Waals surface area contributed by atoms with Gasteiger partial charge in [0, 0.05) is 15.8 Å². The fraction of sp³-hybridized carbons (Fsp3) is 1.00. The van der Waals surface area contributed by atoms with Gasteiger partial charge in [0.2, 0.25) is 0 Å². The normalized spacial score (nSPS) is 10.9. The van der Waals surface area contributed by atoms with Crippen LogP contribution in [0.15, 0.2) is 0 Å². The average molecular weight is 516 g/mol. The van der Waals surface area contributed by atoms with Crippen molar-refractivity contribution >= 4 is 34.7 Å². The van der Waals surface area contributed by atoms with Gasteiger partial charge in [0.15, 0.2) is 5.90 Å². The molecule has 0 aliphatic rings. The van der Waals surface area contributed by atoms with Gasteiger partial charge in [-0.3, -0.25) is 0 Å². The third-order valence-electron chi connectivity index (χ3n) is 2.91. The molecule has 5 heteroatoms. The van der Waals surface area contributed by atoms with E-state index >= 15 is 0 Å². The Morgan fingerprint density at radius 3 is 1.06 bits per heavy atom. The van der Waals surface area contributed by atoms with Crippen molar-refractivity contribution in [1.82, 2.24) is 0 Å². The van der Waals surface area contributed by atoms with Crippen LogP contribution in [0.1, 0.15) is 53.4 Å². The van der Waals surface area contributed by atoms with Crippen LogP contribution in [0.2, 0.25) is 0 Å². The van der Waals surface area contributed by atoms with Crippen molar-refractivity contribution < 1.29 is 16.5 Å². The summed E-state index contributed by atoms with van der Waals surface area (Å²) in [6.45, 7) is 9.47. The van der Waals surface area contributed by atoms with Gasteiger partial charge >= 0.3 is 35.3 Å². The zero-order valence-electron chi connectivity index (χ0n) is 12.4. The van der Waals surface area contributed by atoms with Crippen molar-refractivity contribution in [1.29, 1.82) is 0 Å². The summed E-state index contributed by atoms with van der Waals surface area (Å²) < 4.78 is 0. The summed E-state index contributed by atoms with van der Waals surface area (Å²) in [5.41, 5.74) is 0. The summed E-state index contributed by atoms with van der Waals surface area (Å²) in [6, 6.07) is 0. The zero-order chi connectivity index (χ0) is 14.2. The first kappa shape index (κ1) is 22.4. The van der Waals surface area contributed by atoms with Crippen LogP contribution >= 0.6 is 34.7 Å². The van der Waals surface area contributed by atoms with Crippen molar-refractivity contribution in [2.75, 3.05) is 30.6 Å². The van der Waals surface area contributed by atoms with Crippen LogP contribution in [0.25, 0.3) is 0 Å². The molecule has 0 atom stereocenters. The summed E-state index contributed by atoms with van der Waals surface area (Å²) in [6.07, 6.45) is 12.1. The van der Waals surface area contributed by atoms with Gasteiger partial charge in [-0.05, 0) is 25.7 Å². The van der Waals surface area contributed by atoms with Crippen LogP contribution in [0.4, 0.5) is 0 Å². The molecule has 0 aromatic carbocycles. The van der Waals surface area contributed by atoms with Gasteiger partial charge in [-0.1, -0.05) is 27.7 Å². The van der Waals surface area contributed by atoms with E-state index in [1.165, 1.54) is 25.7 Å². The minimum absolute atomic E-state index is 0.0562. The molecule has 0 aliphatic heterocycles. The molecule has 0 heterocycles. The van der Waals surface area contributed by atoms with Gasteiger partial charge in [0.05, 0.1) is 24.6 Å². The number of hydrogen-bond acceptors (Lipinski definition) is 0. The Bertz CT molecular complexity index is 125. The molecular formula is C13H32Cl2P2Pt+2. The number of halogens is 2. The molecule has 0 amide bonds. The predicted octanol–water partition coefficient (Wildman–Crippen LogP) is 6.39. The van der Waals surface area contributed by atoms with E-state index < -0.39 is 16.5 Å². The van der Waals surface area contributed by atoms with Gasteiger partial charge in [-0.25, -0.2) is 0 Å². The van der Waals surface area contributed by atoms with Crippen molar-refractivity contribution in [3.8, 4) is 0 Å². The Labute approximate surface area is 134 Å². The van der Waals surface area contributed by atoms with E-state index in [4.69, 9.17) is 18.8 Å². The molecule has 116 valence electrons. The monoisotopic (exact) mass is 515 g/mol. The van der Waals surface area contributed by atoms with Crippen molar-refractivity contribution in [3.63, 3.8) is 0 Å². The standard InChI is InChI=1S/C13H30P2.2ClH.Pt/c1-5-9-14(10-6-2)13-15(11-7-3)12-8-4;;;/h5-13H2,1-4H3;2*1H;/q;;;+2. The Hall–Kier alpha value is 2.13. The summed E-state index contributed by atoms with van der Waals surface area (Å²) in [5, 5.41) is 0. The molecule has 0 N–H and O–H groups in total. The van der Waals surface area contributed by atoms with Crippen LogP contribution in [0.3, 0.4) is 0 Å². The minimum atomic E-state index is -0.472. The maximum atomic E-state index is 4.88. The molecule has 0 saturated carbocycles. The fourth-order valence-corrected chi connectivity index (χ4v) is 11.4. The summed E-state index contributed by atoms with van der Waals surface area (Å²) in [5.74, 6) is 1.71. The van der Waals surface area contributed by atoms with Crippen LogP contribution in [0.5, 0.6) is 0 Å². The first-order chi connectivity index (χ1) is 8.69. The van der Waals surface area contributed by atoms with E-state index in [-0.39, 0.29) is 15.8 Å². The second kappa shape index (κ2) is 19.1. The van der Waals surface area contributed by atoms with Crippen molar-refractivity contribution in [2.24, 2.45) is 0 Å². The van der Waals surface area contributed by atoms with Gasteiger partial charge in [0.1, 0.15) is 0 Å².